The van der Waals surface area contributed by atoms with Crippen LogP contribution in [0.3, 0.4) is 0 Å². The van der Waals surface area contributed by atoms with Crippen LogP contribution in [0.15, 0.2) is 35.1 Å². The predicted molar refractivity (Wildman–Crippen MR) is 110 cm³/mol. The van der Waals surface area contributed by atoms with Gasteiger partial charge in [0.2, 0.25) is 11.9 Å². The summed E-state index contributed by atoms with van der Waals surface area (Å²) < 4.78 is 29.5. The number of para-hydroxylation sites is 1. The molecule has 4 aromatic rings. The normalized spacial score (nSPS) is 10.9. The Labute approximate surface area is 169 Å². The Hall–Kier alpha value is -3.95. The van der Waals surface area contributed by atoms with Crippen molar-refractivity contribution >= 4 is 33.7 Å². The van der Waals surface area contributed by atoms with Crippen molar-refractivity contribution < 1.29 is 18.6 Å². The summed E-state index contributed by atoms with van der Waals surface area (Å²) in [5, 5.41) is 3.70. The van der Waals surface area contributed by atoms with E-state index in [1.54, 1.807) is 30.3 Å². The molecule has 0 fully saturated rings. The van der Waals surface area contributed by atoms with Gasteiger partial charge in [0.05, 0.1) is 37.9 Å². The Morgan fingerprint density at radius 3 is 2.40 bits per heavy atom. The summed E-state index contributed by atoms with van der Waals surface area (Å²) in [5.41, 5.74) is 0.617. The number of methoxy groups -OCH3 is 3. The first-order valence-electron chi connectivity index (χ1n) is 8.90. The molecular weight excluding hydrogens is 393 g/mol. The number of benzene rings is 2. The fourth-order valence-corrected chi connectivity index (χ4v) is 3.14. The highest BCUT2D eigenvalue weighted by Crippen LogP contribution is 2.33. The molecule has 0 bridgehead atoms. The second-order valence-electron chi connectivity index (χ2n) is 6.25. The summed E-state index contributed by atoms with van der Waals surface area (Å²) in [6, 6.07) is 8.28. The monoisotopic (exact) mass is 411 g/mol. The van der Waals surface area contributed by atoms with E-state index in [1.807, 2.05) is 0 Å². The first kappa shape index (κ1) is 19.4. The minimum atomic E-state index is -0.821. The largest absolute Gasteiger partial charge is 0.494 e. The zero-order valence-electron chi connectivity index (χ0n) is 16.4. The first-order chi connectivity index (χ1) is 14.6. The molecule has 0 unspecified atom stereocenters. The molecule has 0 amide bonds. The predicted octanol–water partition coefficient (Wildman–Crippen LogP) is 3.11. The number of nitrogens with one attached hydrogen (secondary N) is 2. The van der Waals surface area contributed by atoms with Gasteiger partial charge in [-0.2, -0.15) is 0 Å². The Kier molecular flexibility index (Phi) is 5.05. The van der Waals surface area contributed by atoms with E-state index in [-0.39, 0.29) is 23.1 Å². The van der Waals surface area contributed by atoms with Crippen molar-refractivity contribution in [3.8, 4) is 17.2 Å². The number of fused-ring (bicyclic) bond motifs is 2. The molecule has 9 nitrogen and oxygen atoms in total. The van der Waals surface area contributed by atoms with Crippen molar-refractivity contribution in [3.05, 3.63) is 46.4 Å². The number of nitrogens with zero attached hydrogens (tertiary/aromatic N) is 3. The third kappa shape index (κ3) is 3.32. The van der Waals surface area contributed by atoms with Crippen molar-refractivity contribution in [1.82, 2.24) is 19.9 Å². The number of anilines is 2. The number of aromatic amines is 1. The fraction of sp³-hybridized carbons (Fsp3) is 0.200. The molecule has 0 aliphatic heterocycles. The molecular formula is C20H18FN5O4. The van der Waals surface area contributed by atoms with E-state index < -0.39 is 6.67 Å². The van der Waals surface area contributed by atoms with Gasteiger partial charge in [-0.3, -0.25) is 15.1 Å². The van der Waals surface area contributed by atoms with Crippen LogP contribution in [-0.4, -0.2) is 41.3 Å². The molecule has 0 atom stereocenters. The smallest absolute Gasteiger partial charge is 0.260 e. The molecule has 10 heteroatoms. The van der Waals surface area contributed by atoms with Crippen LogP contribution < -0.4 is 25.1 Å². The Balaban J connectivity index is 1.83. The van der Waals surface area contributed by atoms with Crippen LogP contribution in [0.1, 0.15) is 5.69 Å². The lowest BCUT2D eigenvalue weighted by atomic mass is 10.1. The standard InChI is InChI=1S/C20H18FN5O4/c1-28-14-6-4-5-10-17(14)24-20(25-18(10)27)26-19-22-12-8-16(30-3)15(29-2)7-11(12)13(9-21)23-19/h4-8H,9H2,1-3H3,(H2,22,23,24,25,26,27). The van der Waals surface area contributed by atoms with Crippen molar-refractivity contribution in [3.63, 3.8) is 0 Å². The average molecular weight is 411 g/mol. The molecule has 0 aliphatic carbocycles. The summed E-state index contributed by atoms with van der Waals surface area (Å²) >= 11 is 0. The van der Waals surface area contributed by atoms with E-state index in [9.17, 15) is 9.18 Å². The zero-order valence-corrected chi connectivity index (χ0v) is 16.4. The summed E-state index contributed by atoms with van der Waals surface area (Å²) in [4.78, 5) is 28.0. The lowest BCUT2D eigenvalue weighted by Gasteiger charge is -2.12. The average Bonchev–Trinajstić information content (AvgIpc) is 2.77. The summed E-state index contributed by atoms with van der Waals surface area (Å²) in [7, 11) is 4.48. The van der Waals surface area contributed by atoms with Gasteiger partial charge in [-0.15, -0.1) is 0 Å². The molecule has 0 aliphatic rings. The quantitative estimate of drug-likeness (QED) is 0.498. The summed E-state index contributed by atoms with van der Waals surface area (Å²) in [6.07, 6.45) is 0. The highest BCUT2D eigenvalue weighted by molar-refractivity contribution is 5.87. The van der Waals surface area contributed by atoms with Crippen LogP contribution in [0.2, 0.25) is 0 Å². The highest BCUT2D eigenvalue weighted by Gasteiger charge is 2.15. The molecule has 2 aromatic carbocycles. The third-order valence-electron chi connectivity index (χ3n) is 4.56. The SMILES string of the molecule is COc1cc2nc(Nc3nc4c(OC)cccc4c(=O)[nH]3)nc(CF)c2cc1OC. The number of alkyl halides is 1. The van der Waals surface area contributed by atoms with Gasteiger partial charge >= 0.3 is 0 Å². The third-order valence-corrected chi connectivity index (χ3v) is 4.56. The number of hydrogen-bond donors (Lipinski definition) is 2. The first-order valence-corrected chi connectivity index (χ1v) is 8.90. The molecule has 30 heavy (non-hydrogen) atoms. The van der Waals surface area contributed by atoms with Gasteiger partial charge < -0.3 is 14.2 Å². The maximum Gasteiger partial charge on any atom is 0.260 e. The molecule has 2 aromatic heterocycles. The maximum absolute atomic E-state index is 13.7. The Bertz CT molecular complexity index is 1310. The van der Waals surface area contributed by atoms with E-state index in [1.165, 1.54) is 21.3 Å². The van der Waals surface area contributed by atoms with E-state index >= 15 is 0 Å². The number of H-pyrrole nitrogens is 1. The Morgan fingerprint density at radius 2 is 1.70 bits per heavy atom. The lowest BCUT2D eigenvalue weighted by Crippen LogP contribution is -2.13. The lowest BCUT2D eigenvalue weighted by molar-refractivity contribution is 0.355. The zero-order chi connectivity index (χ0) is 21.3. The fourth-order valence-electron chi connectivity index (χ4n) is 3.14. The van der Waals surface area contributed by atoms with Crippen molar-refractivity contribution in [2.75, 3.05) is 26.6 Å². The van der Waals surface area contributed by atoms with E-state index in [4.69, 9.17) is 14.2 Å². The number of rotatable bonds is 6. The van der Waals surface area contributed by atoms with Crippen LogP contribution in [0.25, 0.3) is 21.8 Å². The molecule has 0 saturated carbocycles. The molecule has 0 spiro atoms. The maximum atomic E-state index is 13.7. The summed E-state index contributed by atoms with van der Waals surface area (Å²) in [6.45, 7) is -0.821. The molecule has 4 rings (SSSR count). The number of ether oxygens (including phenoxy) is 3. The van der Waals surface area contributed by atoms with Gasteiger partial charge in [-0.25, -0.2) is 19.3 Å². The van der Waals surface area contributed by atoms with Gasteiger partial charge in [0.25, 0.3) is 5.56 Å². The van der Waals surface area contributed by atoms with E-state index in [0.717, 1.165) is 0 Å². The van der Waals surface area contributed by atoms with Crippen LogP contribution in [0.4, 0.5) is 16.3 Å². The summed E-state index contributed by atoms with van der Waals surface area (Å²) in [5.74, 6) is 1.50. The van der Waals surface area contributed by atoms with Crippen molar-refractivity contribution in [1.29, 1.82) is 0 Å². The van der Waals surface area contributed by atoms with Gasteiger partial charge in [0.1, 0.15) is 17.9 Å². The topological polar surface area (TPSA) is 111 Å². The molecule has 2 N–H and O–H groups in total. The van der Waals surface area contributed by atoms with E-state index in [2.05, 4.69) is 25.3 Å². The van der Waals surface area contributed by atoms with Crippen molar-refractivity contribution in [2.24, 2.45) is 0 Å². The minimum Gasteiger partial charge on any atom is -0.494 e. The van der Waals surface area contributed by atoms with Crippen LogP contribution in [0.5, 0.6) is 17.2 Å². The molecule has 154 valence electrons. The number of aromatic nitrogens is 4. The van der Waals surface area contributed by atoms with Gasteiger partial charge in [0, 0.05) is 11.5 Å². The molecule has 2 heterocycles. The minimum absolute atomic E-state index is 0.0692. The van der Waals surface area contributed by atoms with Crippen LogP contribution in [0, 0.1) is 0 Å². The highest BCUT2D eigenvalue weighted by atomic mass is 19.1. The molecule has 0 radical (unpaired) electrons. The molecule has 0 saturated heterocycles. The van der Waals surface area contributed by atoms with Gasteiger partial charge in [-0.05, 0) is 18.2 Å². The Morgan fingerprint density at radius 1 is 0.967 bits per heavy atom. The van der Waals surface area contributed by atoms with Gasteiger partial charge in [-0.1, -0.05) is 6.07 Å². The number of hydrogen-bond acceptors (Lipinski definition) is 8. The van der Waals surface area contributed by atoms with Gasteiger partial charge in [0.15, 0.2) is 11.5 Å². The second kappa shape index (κ2) is 7.82. The van der Waals surface area contributed by atoms with Crippen LogP contribution in [-0.2, 0) is 6.67 Å². The second-order valence-corrected chi connectivity index (χ2v) is 6.25. The van der Waals surface area contributed by atoms with E-state index in [0.29, 0.717) is 39.1 Å². The van der Waals surface area contributed by atoms with Crippen molar-refractivity contribution in [2.45, 2.75) is 6.67 Å². The number of halogens is 1. The van der Waals surface area contributed by atoms with Crippen LogP contribution >= 0.6 is 0 Å².